The third kappa shape index (κ3) is 4.07. The molecule has 2 aromatic carbocycles. The average molecular weight is 333 g/mol. The standard InChI is InChI=1S/C21H23N3O/c1-2-17-7-9-18(10-8-17)21(25)24-13-11-23(12-14-24)16-20-6-4-3-5-19(20)15-22/h3-10H,2,11-14,16H2,1H3. The molecule has 4 nitrogen and oxygen atoms in total. The first-order valence-electron chi connectivity index (χ1n) is 8.80. The van der Waals surface area contributed by atoms with Crippen LogP contribution in [-0.2, 0) is 13.0 Å². The first-order chi connectivity index (χ1) is 12.2. The summed E-state index contributed by atoms with van der Waals surface area (Å²) in [5.74, 6) is 0.111. The summed E-state index contributed by atoms with van der Waals surface area (Å²) in [5.41, 5.74) is 3.80. The van der Waals surface area contributed by atoms with Crippen LogP contribution in [0.5, 0.6) is 0 Å². The molecule has 1 aliphatic heterocycles. The van der Waals surface area contributed by atoms with Crippen LogP contribution in [0.2, 0.25) is 0 Å². The van der Waals surface area contributed by atoms with E-state index in [-0.39, 0.29) is 5.91 Å². The molecule has 1 fully saturated rings. The van der Waals surface area contributed by atoms with E-state index >= 15 is 0 Å². The minimum absolute atomic E-state index is 0.111. The lowest BCUT2D eigenvalue weighted by molar-refractivity contribution is 0.0628. The number of nitriles is 1. The Balaban J connectivity index is 1.58. The van der Waals surface area contributed by atoms with Gasteiger partial charge in [0.1, 0.15) is 0 Å². The number of rotatable bonds is 4. The Morgan fingerprint density at radius 2 is 1.72 bits per heavy atom. The molecule has 1 amide bonds. The molecule has 0 atom stereocenters. The summed E-state index contributed by atoms with van der Waals surface area (Å²) in [4.78, 5) is 16.9. The average Bonchev–Trinajstić information content (AvgIpc) is 2.68. The topological polar surface area (TPSA) is 47.3 Å². The van der Waals surface area contributed by atoms with E-state index in [1.54, 1.807) is 0 Å². The van der Waals surface area contributed by atoms with Crippen LogP contribution in [0.25, 0.3) is 0 Å². The Kier molecular flexibility index (Phi) is 5.47. The van der Waals surface area contributed by atoms with Gasteiger partial charge in [0.15, 0.2) is 0 Å². The van der Waals surface area contributed by atoms with Crippen molar-refractivity contribution < 1.29 is 4.79 Å². The minimum Gasteiger partial charge on any atom is -0.336 e. The number of piperazine rings is 1. The van der Waals surface area contributed by atoms with Crippen LogP contribution in [0, 0.1) is 11.3 Å². The predicted octanol–water partition coefficient (Wildman–Crippen LogP) is 3.08. The fourth-order valence-electron chi connectivity index (χ4n) is 3.18. The van der Waals surface area contributed by atoms with E-state index in [0.717, 1.165) is 55.8 Å². The summed E-state index contributed by atoms with van der Waals surface area (Å²) in [6.45, 7) is 5.99. The molecule has 0 unspecified atom stereocenters. The van der Waals surface area contributed by atoms with Crippen molar-refractivity contribution in [2.45, 2.75) is 19.9 Å². The van der Waals surface area contributed by atoms with Crippen LogP contribution in [0.15, 0.2) is 48.5 Å². The molecule has 0 radical (unpaired) electrons. The van der Waals surface area contributed by atoms with E-state index in [2.05, 4.69) is 17.9 Å². The zero-order chi connectivity index (χ0) is 17.6. The van der Waals surface area contributed by atoms with Crippen molar-refractivity contribution in [3.8, 4) is 6.07 Å². The SMILES string of the molecule is CCc1ccc(C(=O)N2CCN(Cc3ccccc3C#N)CC2)cc1. The Hall–Kier alpha value is -2.64. The number of nitrogens with zero attached hydrogens (tertiary/aromatic N) is 3. The molecule has 128 valence electrons. The number of hydrogen-bond acceptors (Lipinski definition) is 3. The lowest BCUT2D eigenvalue weighted by Gasteiger charge is -2.35. The number of hydrogen-bond donors (Lipinski definition) is 0. The predicted molar refractivity (Wildman–Crippen MR) is 98.2 cm³/mol. The highest BCUT2D eigenvalue weighted by atomic mass is 16.2. The smallest absolute Gasteiger partial charge is 0.253 e. The van der Waals surface area contributed by atoms with Crippen LogP contribution in [0.1, 0.15) is 34.0 Å². The Morgan fingerprint density at radius 1 is 1.04 bits per heavy atom. The third-order valence-corrected chi connectivity index (χ3v) is 4.80. The van der Waals surface area contributed by atoms with E-state index in [4.69, 9.17) is 0 Å². The number of aryl methyl sites for hydroxylation is 1. The Labute approximate surface area is 149 Å². The van der Waals surface area contributed by atoms with E-state index in [1.807, 2.05) is 53.4 Å². The van der Waals surface area contributed by atoms with E-state index in [0.29, 0.717) is 0 Å². The lowest BCUT2D eigenvalue weighted by atomic mass is 10.1. The third-order valence-electron chi connectivity index (χ3n) is 4.80. The highest BCUT2D eigenvalue weighted by Crippen LogP contribution is 2.15. The molecule has 0 N–H and O–H groups in total. The van der Waals surface area contributed by atoms with Gasteiger partial charge >= 0.3 is 0 Å². The Morgan fingerprint density at radius 3 is 2.36 bits per heavy atom. The summed E-state index contributed by atoms with van der Waals surface area (Å²) in [7, 11) is 0. The maximum atomic E-state index is 12.6. The van der Waals surface area contributed by atoms with Crippen molar-refractivity contribution in [1.29, 1.82) is 5.26 Å². The van der Waals surface area contributed by atoms with Crippen LogP contribution >= 0.6 is 0 Å². The molecule has 4 heteroatoms. The van der Waals surface area contributed by atoms with Crippen molar-refractivity contribution in [2.24, 2.45) is 0 Å². The second-order valence-electron chi connectivity index (χ2n) is 6.39. The molecule has 0 saturated carbocycles. The van der Waals surface area contributed by atoms with Gasteiger partial charge in [-0.1, -0.05) is 37.3 Å². The summed E-state index contributed by atoms with van der Waals surface area (Å²) >= 11 is 0. The van der Waals surface area contributed by atoms with E-state index in [9.17, 15) is 10.1 Å². The second kappa shape index (κ2) is 7.96. The molecule has 1 heterocycles. The lowest BCUT2D eigenvalue weighted by Crippen LogP contribution is -2.48. The van der Waals surface area contributed by atoms with Gasteiger partial charge in [-0.3, -0.25) is 9.69 Å². The van der Waals surface area contributed by atoms with E-state index in [1.165, 1.54) is 5.56 Å². The van der Waals surface area contributed by atoms with Gasteiger partial charge in [0.05, 0.1) is 11.6 Å². The van der Waals surface area contributed by atoms with Crippen LogP contribution in [0.4, 0.5) is 0 Å². The molecular formula is C21H23N3O. The molecule has 0 aromatic heterocycles. The molecule has 25 heavy (non-hydrogen) atoms. The van der Waals surface area contributed by atoms with Crippen molar-refractivity contribution in [1.82, 2.24) is 9.80 Å². The Bertz CT molecular complexity index is 768. The highest BCUT2D eigenvalue weighted by molar-refractivity contribution is 5.94. The fourth-order valence-corrected chi connectivity index (χ4v) is 3.18. The fraction of sp³-hybridized carbons (Fsp3) is 0.333. The van der Waals surface area contributed by atoms with Gasteiger partial charge in [0.25, 0.3) is 5.91 Å². The zero-order valence-corrected chi connectivity index (χ0v) is 14.6. The first-order valence-corrected chi connectivity index (χ1v) is 8.80. The van der Waals surface area contributed by atoms with Crippen molar-refractivity contribution >= 4 is 5.91 Å². The zero-order valence-electron chi connectivity index (χ0n) is 14.6. The van der Waals surface area contributed by atoms with Crippen LogP contribution < -0.4 is 0 Å². The highest BCUT2D eigenvalue weighted by Gasteiger charge is 2.22. The van der Waals surface area contributed by atoms with Gasteiger partial charge in [-0.2, -0.15) is 5.26 Å². The summed E-state index contributed by atoms with van der Waals surface area (Å²) < 4.78 is 0. The minimum atomic E-state index is 0.111. The van der Waals surface area contributed by atoms with Crippen LogP contribution in [-0.4, -0.2) is 41.9 Å². The molecule has 0 spiro atoms. The largest absolute Gasteiger partial charge is 0.336 e. The normalized spacial score (nSPS) is 15.0. The van der Waals surface area contributed by atoms with Crippen molar-refractivity contribution in [2.75, 3.05) is 26.2 Å². The monoisotopic (exact) mass is 333 g/mol. The molecule has 0 aliphatic carbocycles. The summed E-state index contributed by atoms with van der Waals surface area (Å²) in [6, 6.07) is 17.9. The number of benzene rings is 2. The number of amides is 1. The molecular weight excluding hydrogens is 310 g/mol. The molecule has 3 rings (SSSR count). The molecule has 1 aliphatic rings. The molecule has 1 saturated heterocycles. The van der Waals surface area contributed by atoms with Gasteiger partial charge in [0.2, 0.25) is 0 Å². The van der Waals surface area contributed by atoms with E-state index < -0.39 is 0 Å². The maximum absolute atomic E-state index is 12.6. The van der Waals surface area contributed by atoms with Gasteiger partial charge in [-0.15, -0.1) is 0 Å². The van der Waals surface area contributed by atoms with Gasteiger partial charge in [0, 0.05) is 38.3 Å². The molecule has 2 aromatic rings. The van der Waals surface area contributed by atoms with Crippen molar-refractivity contribution in [3.63, 3.8) is 0 Å². The number of carbonyl (C=O) groups excluding carboxylic acids is 1. The summed E-state index contributed by atoms with van der Waals surface area (Å²) in [5, 5.41) is 9.20. The van der Waals surface area contributed by atoms with Gasteiger partial charge in [-0.05, 0) is 35.7 Å². The first kappa shape index (κ1) is 17.2. The van der Waals surface area contributed by atoms with Gasteiger partial charge < -0.3 is 4.90 Å². The quantitative estimate of drug-likeness (QED) is 0.864. The summed E-state index contributed by atoms with van der Waals surface area (Å²) in [6.07, 6.45) is 0.983. The van der Waals surface area contributed by atoms with Gasteiger partial charge in [-0.25, -0.2) is 0 Å². The number of carbonyl (C=O) groups is 1. The molecule has 0 bridgehead atoms. The van der Waals surface area contributed by atoms with Crippen molar-refractivity contribution in [3.05, 3.63) is 70.8 Å². The second-order valence-corrected chi connectivity index (χ2v) is 6.39. The van der Waals surface area contributed by atoms with Crippen LogP contribution in [0.3, 0.4) is 0 Å². The maximum Gasteiger partial charge on any atom is 0.253 e.